The molecule has 0 bridgehead atoms. The number of hydrogen-bond donors (Lipinski definition) is 0. The van der Waals surface area contributed by atoms with Crippen LogP contribution in [-0.2, 0) is 0 Å². The van der Waals surface area contributed by atoms with Crippen molar-refractivity contribution in [3.63, 3.8) is 0 Å². The van der Waals surface area contributed by atoms with E-state index in [1.807, 2.05) is 37.4 Å². The first-order valence-corrected chi connectivity index (χ1v) is 8.88. The molecule has 3 heteroatoms. The van der Waals surface area contributed by atoms with Crippen molar-refractivity contribution >= 4 is 22.1 Å². The number of furan rings is 1. The minimum atomic E-state index is 0.177. The van der Waals surface area contributed by atoms with E-state index < -0.39 is 0 Å². The molecule has 0 atom stereocenters. The van der Waals surface area contributed by atoms with Crippen molar-refractivity contribution in [3.05, 3.63) is 59.9 Å². The summed E-state index contributed by atoms with van der Waals surface area (Å²) in [5, 5.41) is 0.912. The van der Waals surface area contributed by atoms with Gasteiger partial charge in [-0.2, -0.15) is 0 Å². The maximum absolute atomic E-state index is 8.57. The van der Waals surface area contributed by atoms with Crippen LogP contribution in [0.1, 0.15) is 45.5 Å². The predicted molar refractivity (Wildman–Crippen MR) is 101 cm³/mol. The number of hydrogen-bond acceptors (Lipinski definition) is 3. The molecule has 25 heavy (non-hydrogen) atoms. The van der Waals surface area contributed by atoms with E-state index in [-0.39, 0.29) is 6.04 Å². The van der Waals surface area contributed by atoms with Gasteiger partial charge in [-0.3, -0.25) is 9.97 Å². The summed E-state index contributed by atoms with van der Waals surface area (Å²) in [7, 11) is 0. The summed E-state index contributed by atoms with van der Waals surface area (Å²) >= 11 is 0. The number of para-hydroxylation sites is 1. The third-order valence-electron chi connectivity index (χ3n) is 5.18. The average Bonchev–Trinajstić information content (AvgIpc) is 3.31. The van der Waals surface area contributed by atoms with Crippen LogP contribution in [0.5, 0.6) is 0 Å². The number of fused-ring (bicyclic) bond motifs is 3. The normalized spacial score (nSPS) is 16.5. The Morgan fingerprint density at radius 1 is 1.12 bits per heavy atom. The van der Waals surface area contributed by atoms with Crippen molar-refractivity contribution in [3.8, 4) is 11.3 Å². The predicted octanol–water partition coefficient (Wildman–Crippen LogP) is 6.01. The molecule has 0 saturated heterocycles. The van der Waals surface area contributed by atoms with Crippen LogP contribution in [0.3, 0.4) is 0 Å². The van der Waals surface area contributed by atoms with Crippen molar-refractivity contribution in [1.29, 1.82) is 0 Å². The zero-order valence-corrected chi connectivity index (χ0v) is 14.2. The standard InChI is InChI=1S/C22H20N2O/c1-14-11-20-21(24-12-14)18-8-4-7-17(22(18)25-20)19-10-9-16(13-23-19)15-5-2-3-6-15/h4,7-13,15H,2-3,5-6H2,1H3/i9D,10D. The second-order valence-corrected chi connectivity index (χ2v) is 6.94. The third-order valence-corrected chi connectivity index (χ3v) is 5.18. The molecule has 0 spiro atoms. The number of rotatable bonds is 2. The smallest absolute Gasteiger partial charge is 0.154 e. The number of pyridine rings is 2. The molecular weight excluding hydrogens is 308 g/mol. The monoisotopic (exact) mass is 330 g/mol. The first-order valence-electron chi connectivity index (χ1n) is 9.88. The molecule has 0 radical (unpaired) electrons. The number of nitrogens with zero attached hydrogens (tertiary/aromatic N) is 2. The van der Waals surface area contributed by atoms with Crippen molar-refractivity contribution in [2.75, 3.05) is 0 Å². The fourth-order valence-corrected chi connectivity index (χ4v) is 3.86. The Morgan fingerprint density at radius 3 is 2.88 bits per heavy atom. The van der Waals surface area contributed by atoms with E-state index >= 15 is 0 Å². The zero-order chi connectivity index (χ0) is 18.5. The van der Waals surface area contributed by atoms with Crippen LogP contribution in [-0.4, -0.2) is 9.97 Å². The fraction of sp³-hybridized carbons (Fsp3) is 0.273. The first kappa shape index (κ1) is 12.6. The van der Waals surface area contributed by atoms with Gasteiger partial charge in [0.25, 0.3) is 0 Å². The van der Waals surface area contributed by atoms with Gasteiger partial charge in [-0.1, -0.05) is 25.0 Å². The summed E-state index contributed by atoms with van der Waals surface area (Å²) in [6, 6.07) is 8.27. The second kappa shape index (κ2) is 5.69. The molecule has 3 heterocycles. The van der Waals surface area contributed by atoms with Gasteiger partial charge in [0.2, 0.25) is 0 Å². The summed E-state index contributed by atoms with van der Waals surface area (Å²) < 4.78 is 23.2. The molecule has 3 aromatic heterocycles. The molecule has 0 aliphatic heterocycles. The van der Waals surface area contributed by atoms with Gasteiger partial charge in [0.1, 0.15) is 11.1 Å². The van der Waals surface area contributed by atoms with Gasteiger partial charge < -0.3 is 4.42 Å². The number of aryl methyl sites for hydroxylation is 1. The minimum absolute atomic E-state index is 0.177. The molecule has 0 amide bonds. The number of aromatic nitrogens is 2. The van der Waals surface area contributed by atoms with E-state index in [2.05, 4.69) is 9.97 Å². The Bertz CT molecular complexity index is 1180. The molecule has 1 aliphatic carbocycles. The van der Waals surface area contributed by atoms with Gasteiger partial charge in [-0.25, -0.2) is 0 Å². The Morgan fingerprint density at radius 2 is 2.00 bits per heavy atom. The minimum Gasteiger partial charge on any atom is -0.454 e. The van der Waals surface area contributed by atoms with Gasteiger partial charge in [0.15, 0.2) is 5.58 Å². The summed E-state index contributed by atoms with van der Waals surface area (Å²) in [5.74, 6) is 0.373. The number of benzene rings is 1. The summed E-state index contributed by atoms with van der Waals surface area (Å²) in [5.41, 5.74) is 5.43. The highest BCUT2D eigenvalue weighted by atomic mass is 16.3. The molecule has 3 nitrogen and oxygen atoms in total. The molecule has 1 fully saturated rings. The summed E-state index contributed by atoms with van der Waals surface area (Å²) in [4.78, 5) is 9.12. The van der Waals surface area contributed by atoms with E-state index in [1.54, 1.807) is 6.20 Å². The van der Waals surface area contributed by atoms with E-state index in [1.165, 1.54) is 12.8 Å². The Hall–Kier alpha value is -2.68. The lowest BCUT2D eigenvalue weighted by Gasteiger charge is -2.09. The molecule has 1 aromatic carbocycles. The largest absolute Gasteiger partial charge is 0.454 e. The molecular formula is C22H20N2O. The maximum Gasteiger partial charge on any atom is 0.154 e. The van der Waals surface area contributed by atoms with Crippen LogP contribution in [0.2, 0.25) is 0 Å². The summed E-state index contributed by atoms with van der Waals surface area (Å²) in [6.07, 6.45) is 8.22. The van der Waals surface area contributed by atoms with Crippen molar-refractivity contribution in [2.24, 2.45) is 0 Å². The SMILES string of the molecule is [2H]c1c(C2CCCC2)cnc(-c2cccc3c2oc2cc(C)cnc23)c1[2H]. The highest BCUT2D eigenvalue weighted by Crippen LogP contribution is 2.36. The quantitative estimate of drug-likeness (QED) is 0.452. The van der Waals surface area contributed by atoms with Crippen LogP contribution >= 0.6 is 0 Å². The Balaban J connectivity index is 1.71. The average molecular weight is 330 g/mol. The van der Waals surface area contributed by atoms with E-state index in [0.29, 0.717) is 23.2 Å². The van der Waals surface area contributed by atoms with Crippen LogP contribution in [0.4, 0.5) is 0 Å². The zero-order valence-electron chi connectivity index (χ0n) is 16.2. The van der Waals surface area contributed by atoms with Gasteiger partial charge in [-0.15, -0.1) is 0 Å². The highest BCUT2D eigenvalue weighted by Gasteiger charge is 2.18. The highest BCUT2D eigenvalue weighted by molar-refractivity contribution is 6.07. The third kappa shape index (κ3) is 2.42. The molecule has 124 valence electrons. The van der Waals surface area contributed by atoms with Gasteiger partial charge in [-0.05, 0) is 61.1 Å². The lowest BCUT2D eigenvalue weighted by molar-refractivity contribution is 0.668. The van der Waals surface area contributed by atoms with Gasteiger partial charge in [0, 0.05) is 23.3 Å². The molecule has 1 aliphatic rings. The topological polar surface area (TPSA) is 38.9 Å². The molecule has 0 N–H and O–H groups in total. The van der Waals surface area contributed by atoms with Crippen molar-refractivity contribution in [1.82, 2.24) is 9.97 Å². The lowest BCUT2D eigenvalue weighted by atomic mass is 9.98. The lowest BCUT2D eigenvalue weighted by Crippen LogP contribution is -1.94. The maximum atomic E-state index is 8.57. The second-order valence-electron chi connectivity index (χ2n) is 6.94. The Labute approximate surface area is 149 Å². The van der Waals surface area contributed by atoms with Crippen molar-refractivity contribution in [2.45, 2.75) is 38.5 Å². The van der Waals surface area contributed by atoms with Gasteiger partial charge >= 0.3 is 0 Å². The van der Waals surface area contributed by atoms with E-state index in [4.69, 9.17) is 7.16 Å². The fourth-order valence-electron chi connectivity index (χ4n) is 3.86. The van der Waals surface area contributed by atoms with Crippen LogP contribution in [0.15, 0.2) is 53.2 Å². The molecule has 4 aromatic rings. The van der Waals surface area contributed by atoms with Crippen LogP contribution < -0.4 is 0 Å². The van der Waals surface area contributed by atoms with E-state index in [9.17, 15) is 0 Å². The summed E-state index contributed by atoms with van der Waals surface area (Å²) in [6.45, 7) is 1.98. The molecule has 1 saturated carbocycles. The Kier molecular flexibility index (Phi) is 2.88. The van der Waals surface area contributed by atoms with Crippen LogP contribution in [0.25, 0.3) is 33.3 Å². The van der Waals surface area contributed by atoms with Crippen LogP contribution in [0, 0.1) is 6.92 Å². The van der Waals surface area contributed by atoms with E-state index in [0.717, 1.165) is 46.0 Å². The van der Waals surface area contributed by atoms with Crippen molar-refractivity contribution < 1.29 is 7.16 Å². The first-order chi connectivity index (χ1) is 13.1. The molecule has 5 rings (SSSR count). The van der Waals surface area contributed by atoms with Gasteiger partial charge in [0.05, 0.1) is 8.44 Å². The molecule has 0 unspecified atom stereocenters.